The van der Waals surface area contributed by atoms with Crippen LogP contribution in [-0.4, -0.2) is 60.0 Å². The van der Waals surface area contributed by atoms with Crippen molar-refractivity contribution >= 4 is 11.8 Å². The van der Waals surface area contributed by atoms with E-state index < -0.39 is 11.8 Å². The van der Waals surface area contributed by atoms with Gasteiger partial charge in [-0.15, -0.1) is 13.2 Å². The molecule has 0 aliphatic heterocycles. The van der Waals surface area contributed by atoms with Crippen LogP contribution in [0.5, 0.6) is 0 Å². The molecule has 0 bridgehead atoms. The van der Waals surface area contributed by atoms with Gasteiger partial charge in [0.1, 0.15) is 0 Å². The van der Waals surface area contributed by atoms with Gasteiger partial charge in [-0.1, -0.05) is 12.2 Å². The number of rotatable bonds is 6. The fourth-order valence-corrected chi connectivity index (χ4v) is 1.10. The Bertz CT molecular complexity index is 266. The number of carbonyl (C=O) groups is 2. The quantitative estimate of drug-likeness (QED) is 0.497. The van der Waals surface area contributed by atoms with Crippen molar-refractivity contribution in [3.8, 4) is 0 Å². The second-order valence-electron chi connectivity index (χ2n) is 3.24. The highest BCUT2D eigenvalue weighted by molar-refractivity contribution is 6.34. The van der Waals surface area contributed by atoms with E-state index in [4.69, 9.17) is 5.11 Å². The highest BCUT2D eigenvalue weighted by Crippen LogP contribution is 1.95. The van der Waals surface area contributed by atoms with E-state index in [9.17, 15) is 9.59 Å². The van der Waals surface area contributed by atoms with Crippen molar-refractivity contribution in [2.24, 2.45) is 0 Å². The summed E-state index contributed by atoms with van der Waals surface area (Å²) < 4.78 is 0. The Hall–Kier alpha value is -1.62. The van der Waals surface area contributed by atoms with Crippen LogP contribution in [0.2, 0.25) is 0 Å². The molecule has 0 aliphatic rings. The Kier molecular flexibility index (Phi) is 6.87. The number of nitrogens with zero attached hydrogens (tertiary/aromatic N) is 2. The molecule has 1 N–H and O–H groups in total. The van der Waals surface area contributed by atoms with E-state index in [0.717, 1.165) is 0 Å². The minimum absolute atomic E-state index is 0.139. The normalized spacial score (nSPS) is 9.38. The largest absolute Gasteiger partial charge is 0.395 e. The summed E-state index contributed by atoms with van der Waals surface area (Å²) in [5.41, 5.74) is 0. The van der Waals surface area contributed by atoms with Crippen molar-refractivity contribution in [2.75, 3.05) is 33.3 Å². The zero-order chi connectivity index (χ0) is 12.6. The van der Waals surface area contributed by atoms with E-state index in [0.29, 0.717) is 13.1 Å². The number of likely N-dealkylation sites (N-methyl/N-ethyl adjacent to an activating group) is 1. The third-order valence-electron chi connectivity index (χ3n) is 1.95. The van der Waals surface area contributed by atoms with Crippen LogP contribution in [0.15, 0.2) is 25.3 Å². The number of aliphatic hydroxyl groups excluding tert-OH is 1. The van der Waals surface area contributed by atoms with Crippen molar-refractivity contribution in [2.45, 2.75) is 0 Å². The number of aliphatic hydroxyl groups is 1. The first-order chi connectivity index (χ1) is 7.58. The minimum Gasteiger partial charge on any atom is -0.395 e. The van der Waals surface area contributed by atoms with E-state index in [1.807, 2.05) is 0 Å². The standard InChI is InChI=1S/C11H18N2O3/c1-4-6-13(7-5-2)11(16)10(15)12(3)8-9-14/h4-5,14H,1-2,6-9H2,3H3. The number of hydrogen-bond donors (Lipinski definition) is 1. The summed E-state index contributed by atoms with van der Waals surface area (Å²) in [6.07, 6.45) is 3.08. The molecule has 0 heterocycles. The van der Waals surface area contributed by atoms with Gasteiger partial charge in [-0.25, -0.2) is 0 Å². The topological polar surface area (TPSA) is 60.9 Å². The lowest BCUT2D eigenvalue weighted by Crippen LogP contribution is -2.44. The second kappa shape index (κ2) is 7.64. The number of amides is 2. The van der Waals surface area contributed by atoms with E-state index in [1.165, 1.54) is 16.8 Å². The average molecular weight is 226 g/mol. The first-order valence-electron chi connectivity index (χ1n) is 4.95. The van der Waals surface area contributed by atoms with Crippen LogP contribution in [0.1, 0.15) is 0 Å². The van der Waals surface area contributed by atoms with Gasteiger partial charge in [0.05, 0.1) is 6.61 Å². The summed E-state index contributed by atoms with van der Waals surface area (Å²) >= 11 is 0. The Morgan fingerprint density at radius 2 is 1.69 bits per heavy atom. The molecule has 0 aromatic heterocycles. The molecule has 0 aromatic carbocycles. The van der Waals surface area contributed by atoms with Crippen molar-refractivity contribution in [3.05, 3.63) is 25.3 Å². The molecule has 0 spiro atoms. The van der Waals surface area contributed by atoms with Crippen molar-refractivity contribution < 1.29 is 14.7 Å². The lowest BCUT2D eigenvalue weighted by atomic mass is 10.3. The van der Waals surface area contributed by atoms with Crippen LogP contribution in [0.4, 0.5) is 0 Å². The molecule has 90 valence electrons. The summed E-state index contributed by atoms with van der Waals surface area (Å²) in [5.74, 6) is -1.26. The molecule has 0 fully saturated rings. The molecule has 0 saturated heterocycles. The van der Waals surface area contributed by atoms with Gasteiger partial charge in [0.25, 0.3) is 0 Å². The van der Waals surface area contributed by atoms with Gasteiger partial charge in [0, 0.05) is 26.7 Å². The van der Waals surface area contributed by atoms with Gasteiger partial charge in [-0.2, -0.15) is 0 Å². The monoisotopic (exact) mass is 226 g/mol. The maximum absolute atomic E-state index is 11.7. The maximum atomic E-state index is 11.7. The molecule has 5 nitrogen and oxygen atoms in total. The van der Waals surface area contributed by atoms with Gasteiger partial charge in [0.2, 0.25) is 0 Å². The molecule has 16 heavy (non-hydrogen) atoms. The Labute approximate surface area is 95.6 Å². The first-order valence-corrected chi connectivity index (χ1v) is 4.95. The molecule has 0 atom stereocenters. The zero-order valence-electron chi connectivity index (χ0n) is 9.56. The molecular formula is C11H18N2O3. The Morgan fingerprint density at radius 3 is 2.06 bits per heavy atom. The first kappa shape index (κ1) is 14.4. The van der Waals surface area contributed by atoms with E-state index in [1.54, 1.807) is 12.2 Å². The van der Waals surface area contributed by atoms with Gasteiger partial charge < -0.3 is 14.9 Å². The summed E-state index contributed by atoms with van der Waals surface area (Å²) in [4.78, 5) is 25.8. The summed E-state index contributed by atoms with van der Waals surface area (Å²) in [5, 5.41) is 8.66. The molecule has 0 rings (SSSR count). The third-order valence-corrected chi connectivity index (χ3v) is 1.95. The molecule has 0 aromatic rings. The van der Waals surface area contributed by atoms with Gasteiger partial charge in [-0.3, -0.25) is 9.59 Å². The lowest BCUT2D eigenvalue weighted by molar-refractivity contribution is -0.150. The fourth-order valence-electron chi connectivity index (χ4n) is 1.10. The highest BCUT2D eigenvalue weighted by Gasteiger charge is 2.23. The molecule has 2 amide bonds. The van der Waals surface area contributed by atoms with Gasteiger partial charge >= 0.3 is 11.8 Å². The van der Waals surface area contributed by atoms with E-state index >= 15 is 0 Å². The molecule has 0 aliphatic carbocycles. The van der Waals surface area contributed by atoms with Crippen LogP contribution in [-0.2, 0) is 9.59 Å². The Morgan fingerprint density at radius 1 is 1.19 bits per heavy atom. The average Bonchev–Trinajstić information content (AvgIpc) is 2.27. The predicted molar refractivity (Wildman–Crippen MR) is 61.7 cm³/mol. The summed E-state index contributed by atoms with van der Waals surface area (Å²) in [6.45, 7) is 7.59. The zero-order valence-corrected chi connectivity index (χ0v) is 9.56. The van der Waals surface area contributed by atoms with E-state index in [2.05, 4.69) is 13.2 Å². The number of hydrogen-bond acceptors (Lipinski definition) is 3. The predicted octanol–water partition coefficient (Wildman–Crippen LogP) is -0.362. The van der Waals surface area contributed by atoms with E-state index in [-0.39, 0.29) is 13.2 Å². The molecule has 0 unspecified atom stereocenters. The van der Waals surface area contributed by atoms with Crippen molar-refractivity contribution in [3.63, 3.8) is 0 Å². The second-order valence-corrected chi connectivity index (χ2v) is 3.24. The molecule has 0 saturated carbocycles. The van der Waals surface area contributed by atoms with Crippen LogP contribution in [0, 0.1) is 0 Å². The fraction of sp³-hybridized carbons (Fsp3) is 0.455. The van der Waals surface area contributed by atoms with Crippen LogP contribution < -0.4 is 0 Å². The lowest BCUT2D eigenvalue weighted by Gasteiger charge is -2.22. The van der Waals surface area contributed by atoms with Crippen LogP contribution in [0.3, 0.4) is 0 Å². The highest BCUT2D eigenvalue weighted by atomic mass is 16.3. The molecule has 0 radical (unpaired) electrons. The smallest absolute Gasteiger partial charge is 0.312 e. The summed E-state index contributed by atoms with van der Waals surface area (Å²) in [6, 6.07) is 0. The van der Waals surface area contributed by atoms with Gasteiger partial charge in [-0.05, 0) is 0 Å². The molecular weight excluding hydrogens is 208 g/mol. The third kappa shape index (κ3) is 4.27. The SMILES string of the molecule is C=CCN(CC=C)C(=O)C(=O)N(C)CCO. The maximum Gasteiger partial charge on any atom is 0.312 e. The Balaban J connectivity index is 4.52. The van der Waals surface area contributed by atoms with Gasteiger partial charge in [0.15, 0.2) is 0 Å². The van der Waals surface area contributed by atoms with Crippen LogP contribution >= 0.6 is 0 Å². The number of carbonyl (C=O) groups excluding carboxylic acids is 2. The van der Waals surface area contributed by atoms with Crippen LogP contribution in [0.25, 0.3) is 0 Å². The van der Waals surface area contributed by atoms with Crippen molar-refractivity contribution in [1.29, 1.82) is 0 Å². The van der Waals surface area contributed by atoms with Crippen molar-refractivity contribution in [1.82, 2.24) is 9.80 Å². The minimum atomic E-state index is -0.641. The molecule has 5 heteroatoms. The summed E-state index contributed by atoms with van der Waals surface area (Å²) in [7, 11) is 1.47.